The molecule has 31 heavy (non-hydrogen) atoms. The van der Waals surface area contributed by atoms with Gasteiger partial charge in [0.1, 0.15) is 18.4 Å². The van der Waals surface area contributed by atoms with Gasteiger partial charge in [0.25, 0.3) is 0 Å². The van der Waals surface area contributed by atoms with Gasteiger partial charge in [-0.3, -0.25) is 4.79 Å². The van der Waals surface area contributed by atoms with Crippen molar-refractivity contribution in [3.05, 3.63) is 77.0 Å². The van der Waals surface area contributed by atoms with Crippen molar-refractivity contribution in [1.82, 2.24) is 14.8 Å². The molecule has 0 saturated heterocycles. The van der Waals surface area contributed by atoms with Crippen LogP contribution in [-0.2, 0) is 11.4 Å². The van der Waals surface area contributed by atoms with Gasteiger partial charge in [0.05, 0.1) is 0 Å². The number of benzene rings is 2. The first-order chi connectivity index (χ1) is 15.1. The Morgan fingerprint density at radius 2 is 2.00 bits per heavy atom. The lowest BCUT2D eigenvalue weighted by atomic mass is 9.93. The van der Waals surface area contributed by atoms with E-state index in [2.05, 4.69) is 17.2 Å². The summed E-state index contributed by atoms with van der Waals surface area (Å²) < 4.78 is 7.84. The summed E-state index contributed by atoms with van der Waals surface area (Å²) in [7, 11) is 0. The topological polar surface area (TPSA) is 69.0 Å². The van der Waals surface area contributed by atoms with Crippen LogP contribution in [0.4, 0.5) is 5.95 Å². The number of aromatic nitrogens is 3. The van der Waals surface area contributed by atoms with Gasteiger partial charge in [0.2, 0.25) is 11.1 Å². The van der Waals surface area contributed by atoms with Gasteiger partial charge in [-0.25, -0.2) is 4.68 Å². The normalized spacial score (nSPS) is 15.4. The molecule has 0 aliphatic carbocycles. The minimum atomic E-state index is -0.350. The second-order valence-corrected chi connectivity index (χ2v) is 8.54. The number of carbonyl (C=O) groups excluding carboxylic acids is 1. The fourth-order valence-corrected chi connectivity index (χ4v) is 4.35. The number of hydrogen-bond donors (Lipinski definition) is 1. The molecular weight excluding hydrogens is 408 g/mol. The molecule has 1 unspecified atom stereocenters. The van der Waals surface area contributed by atoms with Crippen LogP contribution in [0.5, 0.6) is 5.75 Å². The quantitative estimate of drug-likeness (QED) is 0.489. The number of nitrogens with zero attached hydrogens (tertiary/aromatic N) is 3. The summed E-state index contributed by atoms with van der Waals surface area (Å²) in [5.74, 6) is 2.36. The van der Waals surface area contributed by atoms with Crippen LogP contribution in [0.3, 0.4) is 0 Å². The van der Waals surface area contributed by atoms with Crippen LogP contribution in [0.2, 0.25) is 0 Å². The predicted octanol–water partition coefficient (Wildman–Crippen LogP) is 5.24. The summed E-state index contributed by atoms with van der Waals surface area (Å²) in [5.41, 5.74) is 3.53. The molecule has 160 valence electrons. The minimum Gasteiger partial charge on any atom is -0.489 e. The molecule has 1 atom stereocenters. The maximum absolute atomic E-state index is 12.6. The summed E-state index contributed by atoms with van der Waals surface area (Å²) in [5, 5.41) is 8.68. The van der Waals surface area contributed by atoms with Crippen molar-refractivity contribution in [1.29, 1.82) is 0 Å². The van der Waals surface area contributed by atoms with E-state index in [4.69, 9.17) is 9.84 Å². The molecule has 2 heterocycles. The van der Waals surface area contributed by atoms with Gasteiger partial charge in [-0.05, 0) is 43.5 Å². The summed E-state index contributed by atoms with van der Waals surface area (Å²) in [6.45, 7) is 6.12. The molecular formula is C24H26N4O2S. The molecule has 1 aliphatic heterocycles. The van der Waals surface area contributed by atoms with Crippen LogP contribution < -0.4 is 10.1 Å². The van der Waals surface area contributed by atoms with E-state index < -0.39 is 0 Å². The Morgan fingerprint density at radius 3 is 2.74 bits per heavy atom. The highest BCUT2D eigenvalue weighted by Gasteiger charge is 2.32. The zero-order valence-electron chi connectivity index (χ0n) is 18.0. The Morgan fingerprint density at radius 1 is 1.19 bits per heavy atom. The van der Waals surface area contributed by atoms with E-state index in [0.29, 0.717) is 23.3 Å². The van der Waals surface area contributed by atoms with Gasteiger partial charge in [-0.2, -0.15) is 4.98 Å². The van der Waals surface area contributed by atoms with Crippen molar-refractivity contribution in [2.45, 2.75) is 45.0 Å². The molecule has 0 saturated carbocycles. The molecule has 0 fully saturated rings. The molecule has 0 amide bonds. The van der Waals surface area contributed by atoms with Gasteiger partial charge in [0.15, 0.2) is 5.78 Å². The van der Waals surface area contributed by atoms with Gasteiger partial charge in [0, 0.05) is 17.0 Å². The molecule has 1 aromatic heterocycles. The molecule has 4 rings (SSSR count). The smallest absolute Gasteiger partial charge is 0.227 e. The fourth-order valence-electron chi connectivity index (χ4n) is 3.67. The zero-order valence-corrected chi connectivity index (χ0v) is 18.8. The van der Waals surface area contributed by atoms with Crippen molar-refractivity contribution in [3.8, 4) is 5.75 Å². The third-order valence-electron chi connectivity index (χ3n) is 5.07. The van der Waals surface area contributed by atoms with Crippen LogP contribution in [0.15, 0.2) is 71.0 Å². The maximum atomic E-state index is 12.6. The van der Waals surface area contributed by atoms with E-state index in [0.717, 1.165) is 34.7 Å². The fraction of sp³-hybridized carbons (Fsp3) is 0.292. The van der Waals surface area contributed by atoms with E-state index in [1.807, 2.05) is 66.2 Å². The lowest BCUT2D eigenvalue weighted by molar-refractivity contribution is -0.114. The van der Waals surface area contributed by atoms with Crippen LogP contribution in [-0.4, -0.2) is 26.3 Å². The second kappa shape index (κ2) is 9.39. The number of ketones is 1. The molecule has 1 aliphatic rings. The van der Waals surface area contributed by atoms with E-state index in [9.17, 15) is 4.79 Å². The number of ether oxygens (including phenoxy) is 1. The monoisotopic (exact) mass is 434 g/mol. The Hall–Kier alpha value is -3.06. The Balaban J connectivity index is 1.67. The number of hydrogen-bond acceptors (Lipinski definition) is 6. The number of thioether (sulfide) groups is 1. The summed E-state index contributed by atoms with van der Waals surface area (Å²) in [6, 6.07) is 17.6. The molecule has 2 aromatic carbocycles. The van der Waals surface area contributed by atoms with Crippen molar-refractivity contribution in [2.75, 3.05) is 11.1 Å². The largest absolute Gasteiger partial charge is 0.489 e. The molecule has 6 nitrogen and oxygen atoms in total. The molecule has 0 spiro atoms. The maximum Gasteiger partial charge on any atom is 0.227 e. The third-order valence-corrected chi connectivity index (χ3v) is 6.11. The average molecular weight is 435 g/mol. The number of rotatable bonds is 8. The Labute approximate surface area is 186 Å². The zero-order chi connectivity index (χ0) is 21.8. The molecule has 7 heteroatoms. The number of allylic oxidation sites excluding steroid dienone is 2. The summed E-state index contributed by atoms with van der Waals surface area (Å²) >= 11 is 1.62. The van der Waals surface area contributed by atoms with Crippen molar-refractivity contribution in [2.24, 2.45) is 0 Å². The van der Waals surface area contributed by atoms with Gasteiger partial charge in [-0.1, -0.05) is 61.2 Å². The van der Waals surface area contributed by atoms with Gasteiger partial charge < -0.3 is 10.1 Å². The lowest BCUT2D eigenvalue weighted by Crippen LogP contribution is -2.27. The van der Waals surface area contributed by atoms with E-state index in [1.54, 1.807) is 18.7 Å². The van der Waals surface area contributed by atoms with E-state index in [1.165, 1.54) is 0 Å². The molecule has 3 aromatic rings. The molecule has 1 N–H and O–H groups in total. The number of carbonyl (C=O) groups is 1. The first kappa shape index (κ1) is 21.2. The summed E-state index contributed by atoms with van der Waals surface area (Å²) in [4.78, 5) is 17.2. The molecule has 0 radical (unpaired) electrons. The van der Waals surface area contributed by atoms with Gasteiger partial charge in [-0.15, -0.1) is 5.10 Å². The third kappa shape index (κ3) is 4.66. The van der Waals surface area contributed by atoms with Crippen molar-refractivity contribution in [3.63, 3.8) is 0 Å². The standard InChI is InChI=1S/C24H26N4O2S/c1-4-13-31-24-26-23-25-16(2)21(17(3)29)22(28(23)27-24)19-11-8-12-20(14-19)30-15-18-9-6-5-7-10-18/h5-12,14,22H,4,13,15H2,1-3H3,(H,25,26,27). The number of fused-ring (bicyclic) bond motifs is 1. The first-order valence-electron chi connectivity index (χ1n) is 10.4. The highest BCUT2D eigenvalue weighted by atomic mass is 32.2. The SMILES string of the molecule is CCCSc1nc2n(n1)C(c1cccc(OCc3ccccc3)c1)C(C(C)=O)=C(C)N2. The van der Waals surface area contributed by atoms with Crippen molar-refractivity contribution < 1.29 is 9.53 Å². The first-order valence-corrected chi connectivity index (χ1v) is 11.4. The van der Waals surface area contributed by atoms with Crippen LogP contribution in [0.1, 0.15) is 44.4 Å². The number of Topliss-reactive ketones (excluding diaryl/α,β-unsaturated/α-hetero) is 1. The van der Waals surface area contributed by atoms with Crippen LogP contribution >= 0.6 is 11.8 Å². The van der Waals surface area contributed by atoms with Crippen molar-refractivity contribution >= 4 is 23.5 Å². The Kier molecular flexibility index (Phi) is 6.42. The summed E-state index contributed by atoms with van der Waals surface area (Å²) in [6.07, 6.45) is 1.04. The molecule has 0 bridgehead atoms. The van der Waals surface area contributed by atoms with E-state index >= 15 is 0 Å². The number of nitrogens with one attached hydrogen (secondary N) is 1. The highest BCUT2D eigenvalue weighted by Crippen LogP contribution is 2.37. The number of anilines is 1. The Bertz CT molecular complexity index is 1110. The highest BCUT2D eigenvalue weighted by molar-refractivity contribution is 7.99. The van der Waals surface area contributed by atoms with Crippen LogP contribution in [0, 0.1) is 0 Å². The predicted molar refractivity (Wildman–Crippen MR) is 123 cm³/mol. The van der Waals surface area contributed by atoms with Gasteiger partial charge >= 0.3 is 0 Å². The van der Waals surface area contributed by atoms with Crippen LogP contribution in [0.25, 0.3) is 0 Å². The van der Waals surface area contributed by atoms with E-state index in [-0.39, 0.29) is 11.8 Å². The second-order valence-electron chi connectivity index (χ2n) is 7.48. The minimum absolute atomic E-state index is 0.00881. The lowest BCUT2D eigenvalue weighted by Gasteiger charge is -2.28. The average Bonchev–Trinajstić information content (AvgIpc) is 3.18.